The molecule has 31 heavy (non-hydrogen) atoms. The number of anilines is 1. The lowest BCUT2D eigenvalue weighted by Gasteiger charge is -2.18. The second kappa shape index (κ2) is 10.8. The third-order valence-electron chi connectivity index (χ3n) is 4.12. The number of halogens is 2. The van der Waals surface area contributed by atoms with Crippen molar-refractivity contribution >= 4 is 46.4 Å². The van der Waals surface area contributed by atoms with Crippen molar-refractivity contribution in [2.45, 2.75) is 13.0 Å². The molecule has 0 aliphatic rings. The molecule has 1 amide bonds. The molecule has 0 saturated heterocycles. The van der Waals surface area contributed by atoms with Crippen LogP contribution in [0.2, 0.25) is 5.02 Å². The van der Waals surface area contributed by atoms with E-state index in [4.69, 9.17) is 42.3 Å². The molecule has 0 spiro atoms. The standard InChI is InChI=1S/C20H21Cl2N3O6/c1-11(26)18(24-23-15-6-7-16(30-4)19(31-5)17(15)21)20(27)25(22)12-8-13(28-2)10-14(9-12)29-3/h6-10,18H,1-5H3. The van der Waals surface area contributed by atoms with Crippen molar-refractivity contribution in [2.75, 3.05) is 32.9 Å². The third kappa shape index (κ3) is 5.56. The number of ketones is 1. The smallest absolute Gasteiger partial charge is 0.276 e. The molecule has 2 aromatic rings. The zero-order valence-electron chi connectivity index (χ0n) is 17.5. The van der Waals surface area contributed by atoms with E-state index in [1.807, 2.05) is 0 Å². The van der Waals surface area contributed by atoms with Crippen LogP contribution in [0.3, 0.4) is 0 Å². The van der Waals surface area contributed by atoms with Gasteiger partial charge in [-0.2, -0.15) is 10.2 Å². The van der Waals surface area contributed by atoms with E-state index in [-0.39, 0.29) is 22.1 Å². The summed E-state index contributed by atoms with van der Waals surface area (Å²) in [5.41, 5.74) is 0.413. The summed E-state index contributed by atoms with van der Waals surface area (Å²) in [6, 6.07) is 6.21. The fourth-order valence-electron chi connectivity index (χ4n) is 2.52. The number of hydrogen-bond donors (Lipinski definition) is 0. The summed E-state index contributed by atoms with van der Waals surface area (Å²) in [6.45, 7) is 1.20. The Labute approximate surface area is 189 Å². The summed E-state index contributed by atoms with van der Waals surface area (Å²) >= 11 is 12.5. The van der Waals surface area contributed by atoms with Gasteiger partial charge in [-0.3, -0.25) is 9.59 Å². The van der Waals surface area contributed by atoms with E-state index in [9.17, 15) is 9.59 Å². The molecule has 0 heterocycles. The Morgan fingerprint density at radius 3 is 2.06 bits per heavy atom. The van der Waals surface area contributed by atoms with E-state index in [0.29, 0.717) is 17.2 Å². The Balaban J connectivity index is 2.36. The summed E-state index contributed by atoms with van der Waals surface area (Å²) in [5.74, 6) is 0.0748. The number of azo groups is 1. The van der Waals surface area contributed by atoms with Crippen LogP contribution in [0.5, 0.6) is 23.0 Å². The Morgan fingerprint density at radius 1 is 0.968 bits per heavy atom. The number of carbonyl (C=O) groups excluding carboxylic acids is 2. The molecule has 2 aromatic carbocycles. The minimum Gasteiger partial charge on any atom is -0.497 e. The first-order chi connectivity index (χ1) is 14.8. The van der Waals surface area contributed by atoms with E-state index in [1.54, 1.807) is 12.1 Å². The second-order valence-corrected chi connectivity index (χ2v) is 6.77. The maximum Gasteiger partial charge on any atom is 0.276 e. The van der Waals surface area contributed by atoms with Gasteiger partial charge in [0.2, 0.25) is 6.04 Å². The predicted molar refractivity (Wildman–Crippen MR) is 116 cm³/mol. The van der Waals surface area contributed by atoms with Crippen LogP contribution in [0.4, 0.5) is 11.4 Å². The molecule has 0 N–H and O–H groups in total. The molecule has 0 aromatic heterocycles. The number of rotatable bonds is 9. The molecule has 0 radical (unpaired) electrons. The van der Waals surface area contributed by atoms with Crippen molar-refractivity contribution in [1.82, 2.24) is 0 Å². The van der Waals surface area contributed by atoms with Gasteiger partial charge in [-0.25, -0.2) is 4.42 Å². The molecule has 9 nitrogen and oxygen atoms in total. The van der Waals surface area contributed by atoms with Crippen LogP contribution in [0.25, 0.3) is 0 Å². The molecule has 166 valence electrons. The van der Waals surface area contributed by atoms with Crippen molar-refractivity contribution in [3.8, 4) is 23.0 Å². The van der Waals surface area contributed by atoms with Crippen LogP contribution < -0.4 is 23.4 Å². The average Bonchev–Trinajstić information content (AvgIpc) is 2.78. The Hall–Kier alpha value is -3.04. The minimum atomic E-state index is -1.50. The topological polar surface area (TPSA) is 99.0 Å². The largest absolute Gasteiger partial charge is 0.497 e. The van der Waals surface area contributed by atoms with Gasteiger partial charge in [0, 0.05) is 30.0 Å². The molecule has 0 fully saturated rings. The lowest BCUT2D eigenvalue weighted by Crippen LogP contribution is -2.36. The highest BCUT2D eigenvalue weighted by Crippen LogP contribution is 2.41. The number of hydrogen-bond acceptors (Lipinski definition) is 8. The van der Waals surface area contributed by atoms with Crippen LogP contribution in [0.15, 0.2) is 40.6 Å². The van der Waals surface area contributed by atoms with Crippen molar-refractivity contribution in [3.05, 3.63) is 35.4 Å². The normalized spacial score (nSPS) is 11.7. The van der Waals surface area contributed by atoms with Crippen molar-refractivity contribution in [1.29, 1.82) is 0 Å². The highest BCUT2D eigenvalue weighted by atomic mass is 35.5. The van der Waals surface area contributed by atoms with Crippen molar-refractivity contribution < 1.29 is 28.5 Å². The molecule has 0 saturated carbocycles. The fourth-order valence-corrected chi connectivity index (χ4v) is 2.98. The molecule has 11 heteroatoms. The van der Waals surface area contributed by atoms with E-state index in [2.05, 4.69) is 10.2 Å². The molecule has 0 aliphatic heterocycles. The van der Waals surface area contributed by atoms with Gasteiger partial charge in [-0.15, -0.1) is 0 Å². The number of benzene rings is 2. The minimum absolute atomic E-state index is 0.112. The van der Waals surface area contributed by atoms with Crippen molar-refractivity contribution in [3.63, 3.8) is 0 Å². The molecule has 0 aliphatic carbocycles. The van der Waals surface area contributed by atoms with E-state index < -0.39 is 17.7 Å². The first-order valence-electron chi connectivity index (χ1n) is 8.81. The van der Waals surface area contributed by atoms with Crippen LogP contribution in [0.1, 0.15) is 6.92 Å². The second-order valence-electron chi connectivity index (χ2n) is 6.05. The highest BCUT2D eigenvalue weighted by molar-refractivity contribution is 6.39. The lowest BCUT2D eigenvalue weighted by molar-refractivity contribution is -0.126. The third-order valence-corrected chi connectivity index (χ3v) is 4.85. The number of Topliss-reactive ketones (excluding diaryl/α,β-unsaturated/α-hetero) is 1. The Kier molecular flexibility index (Phi) is 8.47. The molecule has 1 unspecified atom stereocenters. The summed E-state index contributed by atoms with van der Waals surface area (Å²) < 4.78 is 21.5. The summed E-state index contributed by atoms with van der Waals surface area (Å²) in [5, 5.41) is 7.94. The van der Waals surface area contributed by atoms with Gasteiger partial charge in [0.25, 0.3) is 5.91 Å². The van der Waals surface area contributed by atoms with Crippen LogP contribution in [-0.2, 0) is 9.59 Å². The number of amides is 1. The van der Waals surface area contributed by atoms with E-state index in [1.165, 1.54) is 53.6 Å². The molecule has 1 atom stereocenters. The predicted octanol–water partition coefficient (Wildman–Crippen LogP) is 4.60. The number of methoxy groups -OCH3 is 4. The quantitative estimate of drug-likeness (QED) is 0.302. The Bertz CT molecular complexity index is 977. The zero-order valence-corrected chi connectivity index (χ0v) is 19.0. The zero-order chi connectivity index (χ0) is 23.1. The fraction of sp³-hybridized carbons (Fsp3) is 0.300. The molecule has 2 rings (SSSR count). The summed E-state index contributed by atoms with van der Waals surface area (Å²) in [6.07, 6.45) is 0. The first-order valence-corrected chi connectivity index (χ1v) is 9.53. The Morgan fingerprint density at radius 2 is 1.58 bits per heavy atom. The average molecular weight is 470 g/mol. The highest BCUT2D eigenvalue weighted by Gasteiger charge is 2.29. The first kappa shape index (κ1) is 24.2. The van der Waals surface area contributed by atoms with Gasteiger partial charge >= 0.3 is 0 Å². The maximum atomic E-state index is 12.9. The molecular formula is C20H21Cl2N3O6. The monoisotopic (exact) mass is 469 g/mol. The van der Waals surface area contributed by atoms with Gasteiger partial charge in [-0.05, 0) is 19.1 Å². The van der Waals surface area contributed by atoms with Gasteiger partial charge in [0.15, 0.2) is 17.3 Å². The van der Waals surface area contributed by atoms with Crippen molar-refractivity contribution in [2.24, 2.45) is 10.2 Å². The number of carbonyl (C=O) groups is 2. The van der Waals surface area contributed by atoms with Gasteiger partial charge < -0.3 is 18.9 Å². The molecular weight excluding hydrogens is 449 g/mol. The van der Waals surface area contributed by atoms with E-state index in [0.717, 1.165) is 4.42 Å². The number of nitrogens with zero attached hydrogens (tertiary/aromatic N) is 3. The summed E-state index contributed by atoms with van der Waals surface area (Å²) in [7, 11) is 5.79. The summed E-state index contributed by atoms with van der Waals surface area (Å²) in [4.78, 5) is 25.0. The van der Waals surface area contributed by atoms with Gasteiger partial charge in [0.05, 0.1) is 34.1 Å². The number of ether oxygens (including phenoxy) is 4. The van der Waals surface area contributed by atoms with Gasteiger partial charge in [0.1, 0.15) is 22.2 Å². The van der Waals surface area contributed by atoms with E-state index >= 15 is 0 Å². The maximum absolute atomic E-state index is 12.9. The molecule has 0 bridgehead atoms. The lowest BCUT2D eigenvalue weighted by atomic mass is 10.2. The SMILES string of the molecule is COc1cc(OC)cc(N(Cl)C(=O)C(N=Nc2ccc(OC)c(OC)c2Cl)C(C)=O)c1. The van der Waals surface area contributed by atoms with Crippen LogP contribution in [-0.4, -0.2) is 46.2 Å². The van der Waals surface area contributed by atoms with Gasteiger partial charge in [-0.1, -0.05) is 11.6 Å². The van der Waals surface area contributed by atoms with Crippen LogP contribution in [0, 0.1) is 0 Å². The van der Waals surface area contributed by atoms with Crippen LogP contribution >= 0.6 is 23.4 Å².